The van der Waals surface area contributed by atoms with Gasteiger partial charge in [-0.25, -0.2) is 9.59 Å². The molecule has 1 N–H and O–H groups in total. The zero-order valence-electron chi connectivity index (χ0n) is 11.8. The van der Waals surface area contributed by atoms with E-state index in [0.717, 1.165) is 12.8 Å². The molecule has 1 aliphatic heterocycles. The van der Waals surface area contributed by atoms with Crippen LogP contribution >= 0.6 is 0 Å². The second-order valence-electron chi connectivity index (χ2n) is 5.62. The van der Waals surface area contributed by atoms with Gasteiger partial charge >= 0.3 is 12.0 Å². The molecule has 0 spiro atoms. The van der Waals surface area contributed by atoms with Crippen molar-refractivity contribution >= 4 is 12.0 Å². The van der Waals surface area contributed by atoms with Crippen molar-refractivity contribution in [3.05, 3.63) is 0 Å². The van der Waals surface area contributed by atoms with Gasteiger partial charge in [-0.05, 0) is 40.0 Å². The van der Waals surface area contributed by atoms with Crippen LogP contribution < -0.4 is 5.32 Å². The summed E-state index contributed by atoms with van der Waals surface area (Å²) < 4.78 is 5.35. The molecule has 104 valence electrons. The van der Waals surface area contributed by atoms with Crippen molar-refractivity contribution in [2.45, 2.75) is 58.6 Å². The van der Waals surface area contributed by atoms with Crippen LogP contribution in [0.4, 0.5) is 4.79 Å². The molecule has 1 saturated heterocycles. The van der Waals surface area contributed by atoms with Crippen molar-refractivity contribution < 1.29 is 14.3 Å². The molecule has 5 heteroatoms. The van der Waals surface area contributed by atoms with Gasteiger partial charge in [0.25, 0.3) is 0 Å². The number of hydrogen-bond donors (Lipinski definition) is 1. The van der Waals surface area contributed by atoms with E-state index >= 15 is 0 Å². The van der Waals surface area contributed by atoms with E-state index in [2.05, 4.69) is 5.32 Å². The minimum absolute atomic E-state index is 0.162. The quantitative estimate of drug-likeness (QED) is 0.785. The predicted octanol–water partition coefficient (Wildman–Crippen LogP) is 1.91. The third-order valence-electron chi connectivity index (χ3n) is 2.72. The zero-order valence-corrected chi connectivity index (χ0v) is 11.8. The normalized spacial score (nSPS) is 19.8. The Labute approximate surface area is 109 Å². The summed E-state index contributed by atoms with van der Waals surface area (Å²) in [5, 5.41) is 2.80. The molecule has 0 saturated carbocycles. The Morgan fingerprint density at radius 1 is 1.39 bits per heavy atom. The summed E-state index contributed by atoms with van der Waals surface area (Å²) in [5.41, 5.74) is -0.509. The van der Waals surface area contributed by atoms with Crippen LogP contribution in [0.5, 0.6) is 0 Å². The Morgan fingerprint density at radius 3 is 2.61 bits per heavy atom. The Bertz CT molecular complexity index is 310. The van der Waals surface area contributed by atoms with Gasteiger partial charge in [-0.2, -0.15) is 0 Å². The molecular formula is C13H24N2O3. The number of esters is 1. The Hall–Kier alpha value is -1.26. The second-order valence-corrected chi connectivity index (χ2v) is 5.62. The lowest BCUT2D eigenvalue weighted by atomic mass is 10.1. The lowest BCUT2D eigenvalue weighted by Gasteiger charge is -2.27. The van der Waals surface area contributed by atoms with Gasteiger partial charge in [0.1, 0.15) is 11.6 Å². The summed E-state index contributed by atoms with van der Waals surface area (Å²) in [6.45, 7) is 8.76. The fourth-order valence-corrected chi connectivity index (χ4v) is 1.96. The molecule has 0 radical (unpaired) electrons. The highest BCUT2D eigenvalue weighted by Gasteiger charge is 2.36. The lowest BCUT2D eigenvalue weighted by Crippen LogP contribution is -2.47. The highest BCUT2D eigenvalue weighted by Crippen LogP contribution is 2.21. The molecule has 0 aromatic heterocycles. The van der Waals surface area contributed by atoms with Gasteiger partial charge in [0.15, 0.2) is 0 Å². The Balaban J connectivity index is 2.59. The van der Waals surface area contributed by atoms with Gasteiger partial charge in [-0.3, -0.25) is 0 Å². The van der Waals surface area contributed by atoms with Crippen LogP contribution in [0.3, 0.4) is 0 Å². The molecule has 1 atom stereocenters. The summed E-state index contributed by atoms with van der Waals surface area (Å²) in [6.07, 6.45) is 2.43. The van der Waals surface area contributed by atoms with Crippen LogP contribution in [0, 0.1) is 0 Å². The van der Waals surface area contributed by atoms with E-state index in [1.165, 1.54) is 0 Å². The topological polar surface area (TPSA) is 58.6 Å². The molecule has 1 rings (SSSR count). The molecule has 1 aliphatic rings. The first-order chi connectivity index (χ1) is 8.35. The summed E-state index contributed by atoms with van der Waals surface area (Å²) in [4.78, 5) is 25.5. The highest BCUT2D eigenvalue weighted by molar-refractivity contribution is 5.84. The maximum atomic E-state index is 12.0. The molecule has 0 unspecified atom stereocenters. The fourth-order valence-electron chi connectivity index (χ4n) is 1.96. The molecule has 0 aromatic rings. The van der Waals surface area contributed by atoms with Gasteiger partial charge < -0.3 is 15.0 Å². The van der Waals surface area contributed by atoms with E-state index in [0.29, 0.717) is 19.5 Å². The number of amides is 2. The number of nitrogens with zero attached hydrogens (tertiary/aromatic N) is 1. The van der Waals surface area contributed by atoms with E-state index in [-0.39, 0.29) is 12.0 Å². The number of hydrogen-bond acceptors (Lipinski definition) is 3. The molecule has 1 heterocycles. The maximum Gasteiger partial charge on any atom is 0.329 e. The van der Waals surface area contributed by atoms with E-state index in [1.807, 2.05) is 27.7 Å². The van der Waals surface area contributed by atoms with E-state index in [1.54, 1.807) is 4.90 Å². The van der Waals surface area contributed by atoms with E-state index < -0.39 is 11.6 Å². The third-order valence-corrected chi connectivity index (χ3v) is 2.72. The van der Waals surface area contributed by atoms with Crippen LogP contribution in [-0.4, -0.2) is 41.6 Å². The summed E-state index contributed by atoms with van der Waals surface area (Å²) in [7, 11) is 0. The Morgan fingerprint density at radius 2 is 2.06 bits per heavy atom. The van der Waals surface area contributed by atoms with Crippen molar-refractivity contribution in [3.63, 3.8) is 0 Å². The van der Waals surface area contributed by atoms with Crippen molar-refractivity contribution in [2.75, 3.05) is 13.1 Å². The molecule has 1 fully saturated rings. The van der Waals surface area contributed by atoms with Gasteiger partial charge in [-0.1, -0.05) is 6.92 Å². The van der Waals surface area contributed by atoms with Crippen LogP contribution in [0.25, 0.3) is 0 Å². The van der Waals surface area contributed by atoms with E-state index in [9.17, 15) is 9.59 Å². The number of ether oxygens (including phenoxy) is 1. The monoisotopic (exact) mass is 256 g/mol. The number of carbonyl (C=O) groups excluding carboxylic acids is 2. The average molecular weight is 256 g/mol. The predicted molar refractivity (Wildman–Crippen MR) is 69.3 cm³/mol. The molecule has 5 nitrogen and oxygen atoms in total. The van der Waals surface area contributed by atoms with Gasteiger partial charge in [0.05, 0.1) is 0 Å². The smallest absolute Gasteiger partial charge is 0.329 e. The number of urea groups is 1. The highest BCUT2D eigenvalue weighted by atomic mass is 16.6. The lowest BCUT2D eigenvalue weighted by molar-refractivity contribution is -0.159. The molecular weight excluding hydrogens is 232 g/mol. The molecule has 0 bridgehead atoms. The average Bonchev–Trinajstić information content (AvgIpc) is 2.72. The SMILES string of the molecule is CCCNC(=O)N1CCC[C@@H]1C(=O)OC(C)(C)C. The largest absolute Gasteiger partial charge is 0.458 e. The maximum absolute atomic E-state index is 12.0. The number of nitrogens with one attached hydrogen (secondary N) is 1. The number of likely N-dealkylation sites (tertiary alicyclic amines) is 1. The van der Waals surface area contributed by atoms with Gasteiger partial charge in [-0.15, -0.1) is 0 Å². The van der Waals surface area contributed by atoms with Gasteiger partial charge in [0.2, 0.25) is 0 Å². The summed E-state index contributed by atoms with van der Waals surface area (Å²) in [5.74, 6) is -0.299. The Kier molecular flexibility index (Phi) is 4.99. The van der Waals surface area contributed by atoms with E-state index in [4.69, 9.17) is 4.74 Å². The number of carbonyl (C=O) groups is 2. The summed E-state index contributed by atoms with van der Waals surface area (Å²) in [6, 6.07) is -0.591. The molecule has 2 amide bonds. The first kappa shape index (κ1) is 14.8. The van der Waals surface area contributed by atoms with Crippen LogP contribution in [-0.2, 0) is 9.53 Å². The zero-order chi connectivity index (χ0) is 13.8. The minimum atomic E-state index is -0.509. The minimum Gasteiger partial charge on any atom is -0.458 e. The summed E-state index contributed by atoms with van der Waals surface area (Å²) >= 11 is 0. The van der Waals surface area contributed by atoms with Crippen LogP contribution in [0.2, 0.25) is 0 Å². The molecule has 18 heavy (non-hydrogen) atoms. The fraction of sp³-hybridized carbons (Fsp3) is 0.846. The molecule has 0 aromatic carbocycles. The first-order valence-corrected chi connectivity index (χ1v) is 6.62. The molecule has 0 aliphatic carbocycles. The number of rotatable bonds is 3. The standard InChI is InChI=1S/C13H24N2O3/c1-5-8-14-12(17)15-9-6-7-10(15)11(16)18-13(2,3)4/h10H,5-9H2,1-4H3,(H,14,17)/t10-/m1/s1. The van der Waals surface area contributed by atoms with Crippen molar-refractivity contribution in [2.24, 2.45) is 0 Å². The van der Waals surface area contributed by atoms with Gasteiger partial charge in [0, 0.05) is 13.1 Å². The van der Waals surface area contributed by atoms with Crippen LogP contribution in [0.15, 0.2) is 0 Å². The third kappa shape index (κ3) is 4.20. The van der Waals surface area contributed by atoms with Crippen molar-refractivity contribution in [3.8, 4) is 0 Å². The van der Waals surface area contributed by atoms with Crippen molar-refractivity contribution in [1.29, 1.82) is 0 Å². The van der Waals surface area contributed by atoms with Crippen molar-refractivity contribution in [1.82, 2.24) is 10.2 Å². The first-order valence-electron chi connectivity index (χ1n) is 6.62. The van der Waals surface area contributed by atoms with Crippen LogP contribution in [0.1, 0.15) is 47.0 Å². The second kappa shape index (κ2) is 6.07.